The van der Waals surface area contributed by atoms with Crippen molar-refractivity contribution in [2.45, 2.75) is 0 Å². The van der Waals surface area contributed by atoms with Crippen LogP contribution in [-0.2, 0) is 4.74 Å². The lowest BCUT2D eigenvalue weighted by molar-refractivity contribution is -0.384. The first-order chi connectivity index (χ1) is 8.52. The smallest absolute Gasteiger partial charge is 0.351 e. The summed E-state index contributed by atoms with van der Waals surface area (Å²) in [6.07, 6.45) is 0. The molecule has 7 heteroatoms. The molecule has 2 rings (SSSR count). The third-order valence-corrected chi connectivity index (χ3v) is 2.33. The van der Waals surface area contributed by atoms with Crippen molar-refractivity contribution in [3.8, 4) is 0 Å². The topological polar surface area (TPSA) is 99.7 Å². The number of carbonyl (C=O) groups is 1. The minimum atomic E-state index is -0.850. The molecule has 92 valence electrons. The van der Waals surface area contributed by atoms with Crippen LogP contribution in [0.1, 0.15) is 10.4 Å². The second-order valence-electron chi connectivity index (χ2n) is 3.42. The van der Waals surface area contributed by atoms with E-state index in [9.17, 15) is 19.7 Å². The van der Waals surface area contributed by atoms with Crippen LogP contribution in [0.5, 0.6) is 0 Å². The fourth-order valence-corrected chi connectivity index (χ4v) is 1.48. The number of carbonyl (C=O) groups excluding carboxylic acids is 1. The molecular weight excluding hydrogens is 242 g/mol. The van der Waals surface area contributed by atoms with Crippen molar-refractivity contribution < 1.29 is 18.9 Å². The fourth-order valence-electron chi connectivity index (χ4n) is 1.48. The van der Waals surface area contributed by atoms with Gasteiger partial charge >= 0.3 is 11.6 Å². The van der Waals surface area contributed by atoms with E-state index in [-0.39, 0.29) is 22.2 Å². The van der Waals surface area contributed by atoms with Crippen molar-refractivity contribution in [1.82, 2.24) is 0 Å². The van der Waals surface area contributed by atoms with Gasteiger partial charge in [0.05, 0.1) is 12.0 Å². The largest absolute Gasteiger partial charge is 0.465 e. The lowest BCUT2D eigenvalue weighted by Crippen LogP contribution is -2.14. The monoisotopic (exact) mass is 249 g/mol. The molecule has 1 aromatic heterocycles. The average Bonchev–Trinajstić information content (AvgIpc) is 2.36. The molecule has 1 aromatic carbocycles. The maximum atomic E-state index is 11.5. The number of esters is 1. The number of methoxy groups -OCH3 is 1. The van der Waals surface area contributed by atoms with Gasteiger partial charge in [-0.1, -0.05) is 0 Å². The van der Waals surface area contributed by atoms with Gasteiger partial charge in [-0.3, -0.25) is 10.1 Å². The molecule has 0 aliphatic heterocycles. The summed E-state index contributed by atoms with van der Waals surface area (Å²) in [6, 6.07) is 4.93. The Labute approximate surface area is 99.7 Å². The van der Waals surface area contributed by atoms with Gasteiger partial charge in [-0.05, 0) is 12.1 Å². The predicted octanol–water partition coefficient (Wildman–Crippen LogP) is 1.49. The molecule has 7 nitrogen and oxygen atoms in total. The molecule has 0 radical (unpaired) electrons. The molecule has 0 amide bonds. The van der Waals surface area contributed by atoms with Gasteiger partial charge in [-0.2, -0.15) is 0 Å². The Hall–Kier alpha value is -2.70. The minimum absolute atomic E-state index is 0.160. The van der Waals surface area contributed by atoms with E-state index >= 15 is 0 Å². The van der Waals surface area contributed by atoms with Crippen LogP contribution in [0.3, 0.4) is 0 Å². The summed E-state index contributed by atoms with van der Waals surface area (Å²) < 4.78 is 9.28. The number of rotatable bonds is 2. The molecule has 0 saturated carbocycles. The van der Waals surface area contributed by atoms with Gasteiger partial charge in [0.15, 0.2) is 0 Å². The van der Waals surface area contributed by atoms with Crippen molar-refractivity contribution in [3.05, 3.63) is 50.4 Å². The third kappa shape index (κ3) is 1.93. The molecule has 0 unspecified atom stereocenters. The summed E-state index contributed by atoms with van der Waals surface area (Å²) in [4.78, 5) is 32.8. The van der Waals surface area contributed by atoms with Crippen LogP contribution < -0.4 is 5.63 Å². The van der Waals surface area contributed by atoms with Gasteiger partial charge in [-0.15, -0.1) is 0 Å². The lowest BCUT2D eigenvalue weighted by atomic mass is 10.1. The Morgan fingerprint density at radius 3 is 2.72 bits per heavy atom. The third-order valence-electron chi connectivity index (χ3n) is 2.33. The predicted molar refractivity (Wildman–Crippen MR) is 60.5 cm³/mol. The van der Waals surface area contributed by atoms with Crippen molar-refractivity contribution >= 4 is 22.6 Å². The average molecular weight is 249 g/mol. The molecule has 0 aliphatic carbocycles. The van der Waals surface area contributed by atoms with E-state index in [1.165, 1.54) is 24.3 Å². The Morgan fingerprint density at radius 1 is 1.39 bits per heavy atom. The van der Waals surface area contributed by atoms with E-state index in [0.717, 1.165) is 7.11 Å². The zero-order chi connectivity index (χ0) is 13.3. The first-order valence-corrected chi connectivity index (χ1v) is 4.83. The van der Waals surface area contributed by atoms with Crippen LogP contribution in [0.2, 0.25) is 0 Å². The van der Waals surface area contributed by atoms with Gasteiger partial charge in [0.1, 0.15) is 11.1 Å². The molecule has 1 heterocycles. The zero-order valence-electron chi connectivity index (χ0n) is 9.21. The first kappa shape index (κ1) is 11.8. The molecule has 0 atom stereocenters. The van der Waals surface area contributed by atoms with Crippen molar-refractivity contribution in [2.75, 3.05) is 7.11 Å². The molecule has 18 heavy (non-hydrogen) atoms. The zero-order valence-corrected chi connectivity index (χ0v) is 9.21. The van der Waals surface area contributed by atoms with Crippen molar-refractivity contribution in [3.63, 3.8) is 0 Å². The summed E-state index contributed by atoms with van der Waals surface area (Å²) in [6.45, 7) is 0. The van der Waals surface area contributed by atoms with E-state index in [4.69, 9.17) is 4.42 Å². The summed E-state index contributed by atoms with van der Waals surface area (Å²) in [5.41, 5.74) is -1.14. The number of fused-ring (bicyclic) bond motifs is 1. The first-order valence-electron chi connectivity index (χ1n) is 4.83. The minimum Gasteiger partial charge on any atom is -0.465 e. The molecule has 0 saturated heterocycles. The maximum Gasteiger partial charge on any atom is 0.351 e. The molecule has 0 fully saturated rings. The van der Waals surface area contributed by atoms with Crippen LogP contribution in [0.25, 0.3) is 11.0 Å². The SMILES string of the molecule is COC(=O)c1cc2cc([N+](=O)[O-])ccc2oc1=O. The highest BCUT2D eigenvalue weighted by Gasteiger charge is 2.15. The number of hydrogen-bond acceptors (Lipinski definition) is 6. The van der Waals surface area contributed by atoms with Gasteiger partial charge in [-0.25, -0.2) is 9.59 Å². The van der Waals surface area contributed by atoms with Gasteiger partial charge in [0, 0.05) is 17.5 Å². The second kappa shape index (κ2) is 4.28. The highest BCUT2D eigenvalue weighted by atomic mass is 16.6. The van der Waals surface area contributed by atoms with E-state index in [1.54, 1.807) is 0 Å². The summed E-state index contributed by atoms with van der Waals surface area (Å²) in [5.74, 6) is -0.850. The molecular formula is C11H7NO6. The van der Waals surface area contributed by atoms with Gasteiger partial charge in [0.25, 0.3) is 5.69 Å². The Balaban J connectivity index is 2.71. The summed E-state index contributed by atoms with van der Waals surface area (Å²) in [5, 5.41) is 10.9. The Morgan fingerprint density at radius 2 is 2.11 bits per heavy atom. The van der Waals surface area contributed by atoms with E-state index in [2.05, 4.69) is 4.74 Å². The molecule has 0 N–H and O–H groups in total. The van der Waals surface area contributed by atoms with Crippen LogP contribution in [0.15, 0.2) is 33.5 Å². The lowest BCUT2D eigenvalue weighted by Gasteiger charge is -2.00. The number of nitro groups is 1. The normalized spacial score (nSPS) is 10.3. The highest BCUT2D eigenvalue weighted by Crippen LogP contribution is 2.20. The van der Waals surface area contributed by atoms with Crippen LogP contribution in [0, 0.1) is 10.1 Å². The highest BCUT2D eigenvalue weighted by molar-refractivity contribution is 5.93. The maximum absolute atomic E-state index is 11.5. The van der Waals surface area contributed by atoms with Gasteiger partial charge in [0.2, 0.25) is 0 Å². The van der Waals surface area contributed by atoms with Crippen LogP contribution in [0.4, 0.5) is 5.69 Å². The number of nitrogens with zero attached hydrogens (tertiary/aromatic N) is 1. The Bertz CT molecular complexity index is 702. The van der Waals surface area contributed by atoms with E-state index in [1.807, 2.05) is 0 Å². The van der Waals surface area contributed by atoms with Crippen LogP contribution in [-0.4, -0.2) is 18.0 Å². The number of nitro benzene ring substituents is 1. The number of ether oxygens (including phenoxy) is 1. The van der Waals surface area contributed by atoms with Crippen molar-refractivity contribution in [2.24, 2.45) is 0 Å². The fraction of sp³-hybridized carbons (Fsp3) is 0.0909. The summed E-state index contributed by atoms with van der Waals surface area (Å²) >= 11 is 0. The second-order valence-corrected chi connectivity index (χ2v) is 3.42. The quantitative estimate of drug-likeness (QED) is 0.346. The number of benzene rings is 1. The standard InChI is InChI=1S/C11H7NO6/c1-17-10(13)8-5-6-4-7(12(15)16)2-3-9(6)18-11(8)14/h2-5H,1H3. The number of hydrogen-bond donors (Lipinski definition) is 0. The van der Waals surface area contributed by atoms with Gasteiger partial charge < -0.3 is 9.15 Å². The number of non-ortho nitro benzene ring substituents is 1. The van der Waals surface area contributed by atoms with E-state index in [0.29, 0.717) is 0 Å². The Kier molecular flexibility index (Phi) is 2.80. The molecule has 0 bridgehead atoms. The molecule has 0 aliphatic rings. The summed E-state index contributed by atoms with van der Waals surface area (Å²) in [7, 11) is 1.12. The van der Waals surface area contributed by atoms with E-state index < -0.39 is 16.5 Å². The molecule has 2 aromatic rings. The van der Waals surface area contributed by atoms with Crippen LogP contribution >= 0.6 is 0 Å². The molecule has 0 spiro atoms. The van der Waals surface area contributed by atoms with Crippen molar-refractivity contribution in [1.29, 1.82) is 0 Å².